The average molecular weight is 806 g/mol. The fourth-order valence-electron chi connectivity index (χ4n) is 7.30. The van der Waals surface area contributed by atoms with Gasteiger partial charge in [-0.1, -0.05) is 68.1 Å². The van der Waals surface area contributed by atoms with Crippen LogP contribution in [-0.4, -0.2) is 102 Å². The molecule has 4 aromatic rings. The highest BCUT2D eigenvalue weighted by Gasteiger charge is 2.51. The van der Waals surface area contributed by atoms with Gasteiger partial charge in [-0.15, -0.1) is 0 Å². The smallest absolute Gasteiger partial charge is 0.399 e. The molecule has 3 aromatic carbocycles. The Hall–Kier alpha value is -5.67. The highest BCUT2D eigenvalue weighted by atomic mass is 16.7. The minimum absolute atomic E-state index is 0.101. The monoisotopic (exact) mass is 805 g/mol. The molecule has 312 valence electrons. The molecule has 0 saturated carbocycles. The number of hydrogen-bond acceptors (Lipinski definition) is 7. The van der Waals surface area contributed by atoms with Gasteiger partial charge in [-0.25, -0.2) is 9.59 Å². The molecule has 6 rings (SSSR count). The normalized spacial score (nSPS) is 17.1. The second-order valence-electron chi connectivity index (χ2n) is 16.3. The van der Waals surface area contributed by atoms with E-state index in [1.807, 2.05) is 77.1 Å². The highest BCUT2D eigenvalue weighted by Crippen LogP contribution is 2.36. The number of anilines is 2. The zero-order valence-electron chi connectivity index (χ0n) is 34.7. The van der Waals surface area contributed by atoms with Gasteiger partial charge in [-0.05, 0) is 83.3 Å². The second kappa shape index (κ2) is 18.9. The Kier molecular flexibility index (Phi) is 13.8. The van der Waals surface area contributed by atoms with Crippen LogP contribution >= 0.6 is 0 Å². The molecule has 0 bridgehead atoms. The van der Waals surface area contributed by atoms with Crippen molar-refractivity contribution in [3.63, 3.8) is 0 Å². The number of nitrogens with one attached hydrogen (secondary N) is 5. The average Bonchev–Trinajstić information content (AvgIpc) is 3.75. The molecule has 5 N–H and O–H groups in total. The van der Waals surface area contributed by atoms with Gasteiger partial charge in [0.2, 0.25) is 0 Å². The molecule has 6 amide bonds. The molecule has 14 nitrogen and oxygen atoms in total. The second-order valence-corrected chi connectivity index (χ2v) is 16.3. The zero-order valence-corrected chi connectivity index (χ0v) is 34.7. The number of Topliss-reactive ketones (excluding diaryl/α,β-unsaturated/α-hetero) is 1. The summed E-state index contributed by atoms with van der Waals surface area (Å²) in [4.78, 5) is 71.3. The van der Waals surface area contributed by atoms with Gasteiger partial charge in [0.05, 0.1) is 28.0 Å². The van der Waals surface area contributed by atoms with Gasteiger partial charge in [-0.3, -0.25) is 14.4 Å². The van der Waals surface area contributed by atoms with E-state index in [2.05, 4.69) is 26.3 Å². The van der Waals surface area contributed by atoms with E-state index in [1.54, 1.807) is 35.2 Å². The van der Waals surface area contributed by atoms with Crippen molar-refractivity contribution in [1.82, 2.24) is 25.4 Å². The Bertz CT molecular complexity index is 2110. The summed E-state index contributed by atoms with van der Waals surface area (Å²) in [7, 11) is -0.448. The van der Waals surface area contributed by atoms with E-state index in [0.29, 0.717) is 54.0 Å². The maximum absolute atomic E-state index is 13.5. The first-order valence-electron chi connectivity index (χ1n) is 20.6. The molecule has 2 aliphatic heterocycles. The molecule has 0 radical (unpaired) electrons. The van der Waals surface area contributed by atoms with Crippen molar-refractivity contribution in [1.29, 1.82) is 0 Å². The topological polar surface area (TPSA) is 174 Å². The first-order chi connectivity index (χ1) is 28.2. The third kappa shape index (κ3) is 10.5. The van der Waals surface area contributed by atoms with Gasteiger partial charge in [0.1, 0.15) is 0 Å². The molecule has 59 heavy (non-hydrogen) atoms. The summed E-state index contributed by atoms with van der Waals surface area (Å²) in [6.45, 7) is 11.9. The predicted octanol–water partition coefficient (Wildman–Crippen LogP) is 6.31. The van der Waals surface area contributed by atoms with E-state index in [-0.39, 0.29) is 36.1 Å². The summed E-state index contributed by atoms with van der Waals surface area (Å²) in [6, 6.07) is 20.8. The van der Waals surface area contributed by atoms with Crippen LogP contribution in [0.1, 0.15) is 93.9 Å². The lowest BCUT2D eigenvalue weighted by Gasteiger charge is -2.39. The summed E-state index contributed by atoms with van der Waals surface area (Å²) in [5, 5.41) is 12.1. The number of H-pyrrole nitrogens is 1. The van der Waals surface area contributed by atoms with Crippen molar-refractivity contribution in [2.75, 3.05) is 43.4 Å². The third-order valence-electron chi connectivity index (χ3n) is 11.5. The lowest BCUT2D eigenvalue weighted by molar-refractivity contribution is -0.130. The number of carbonyl (C=O) groups is 5. The fourth-order valence-corrected chi connectivity index (χ4v) is 7.30. The van der Waals surface area contributed by atoms with Crippen molar-refractivity contribution in [2.24, 2.45) is 0 Å². The number of ketones is 1. The Balaban J connectivity index is 0.841. The molecule has 0 aliphatic carbocycles. The minimum atomic E-state index is -0.647. The van der Waals surface area contributed by atoms with Crippen LogP contribution in [-0.2, 0) is 14.1 Å². The molecule has 0 unspecified atom stereocenters. The Morgan fingerprint density at radius 1 is 0.746 bits per heavy atom. The lowest BCUT2D eigenvalue weighted by atomic mass is 9.79. The van der Waals surface area contributed by atoms with Crippen molar-refractivity contribution in [3.05, 3.63) is 90.1 Å². The van der Waals surface area contributed by atoms with E-state index in [1.165, 1.54) is 11.1 Å². The number of rotatable bonds is 15. The summed E-state index contributed by atoms with van der Waals surface area (Å²) in [5.74, 6) is -1.37. The molecule has 15 heteroatoms. The molecule has 1 atom stereocenters. The molecule has 2 saturated heterocycles. The van der Waals surface area contributed by atoms with Gasteiger partial charge in [-0.2, -0.15) is 0 Å². The number of amides is 6. The quantitative estimate of drug-likeness (QED) is 0.0406. The third-order valence-corrected chi connectivity index (χ3v) is 11.5. The van der Waals surface area contributed by atoms with Crippen LogP contribution in [0.25, 0.3) is 10.9 Å². The van der Waals surface area contributed by atoms with Gasteiger partial charge in [0.25, 0.3) is 17.6 Å². The molecule has 3 heterocycles. The van der Waals surface area contributed by atoms with Crippen molar-refractivity contribution < 1.29 is 33.3 Å². The van der Waals surface area contributed by atoms with E-state index in [4.69, 9.17) is 9.31 Å². The van der Waals surface area contributed by atoms with Gasteiger partial charge in [0, 0.05) is 61.6 Å². The summed E-state index contributed by atoms with van der Waals surface area (Å²) < 4.78 is 12.2. The van der Waals surface area contributed by atoms with Crippen LogP contribution in [0.5, 0.6) is 0 Å². The molecule has 0 spiro atoms. The number of nitrogens with zero attached hydrogens (tertiary/aromatic N) is 2. The molecule has 1 aromatic heterocycles. The molecule has 2 aliphatic rings. The number of carbonyl (C=O) groups excluding carboxylic acids is 5. The lowest BCUT2D eigenvalue weighted by Crippen LogP contribution is -2.56. The number of urea groups is 2. The van der Waals surface area contributed by atoms with Crippen LogP contribution in [0.2, 0.25) is 0 Å². The number of aromatic nitrogens is 1. The van der Waals surface area contributed by atoms with E-state index < -0.39 is 30.0 Å². The summed E-state index contributed by atoms with van der Waals surface area (Å²) in [5.41, 5.74) is 2.61. The van der Waals surface area contributed by atoms with Crippen LogP contribution in [0.15, 0.2) is 79.0 Å². The molecular formula is C44H56BN7O7. The SMILES string of the molecule is C[C@@H]1CN(C(=O)c2ccccc2)CCN1C(=O)C(=O)c1c[nH]c2c(NC(=O)NCCCCCCCCNC(=O)Nc3ccc(B4OC(C)(C)C(C)(C)O4)cc3)cccc12. The fraction of sp³-hybridized carbons (Fsp3) is 0.432. The number of unbranched alkanes of at least 4 members (excludes halogenated alkanes) is 5. The summed E-state index contributed by atoms with van der Waals surface area (Å²) >= 11 is 0. The molecule has 2 fully saturated rings. The van der Waals surface area contributed by atoms with E-state index >= 15 is 0 Å². The number of fused-ring (bicyclic) bond motifs is 1. The maximum atomic E-state index is 13.5. The Labute approximate surface area is 346 Å². The number of aromatic amines is 1. The zero-order chi connectivity index (χ0) is 42.2. The standard InChI is InChI=1S/C44H56BN7O7/c1-30-29-51(39(54)31-16-11-10-12-17-31)26-27-52(30)40(55)38(53)35-28-48-37-34(35)18-15-19-36(37)50-42(57)47-25-14-9-7-6-8-13-24-46-41(56)49-33-22-20-32(21-23-33)45-58-43(2,3)44(4,5)59-45/h10-12,15-23,28,30,48H,6-9,13-14,24-27,29H2,1-5H3,(H2,46,49,56)(H2,47,50,57)/t30-/m1/s1. The Morgan fingerprint density at radius 2 is 1.36 bits per heavy atom. The van der Waals surface area contributed by atoms with E-state index in [0.717, 1.165) is 44.0 Å². The number of hydrogen-bond donors (Lipinski definition) is 5. The van der Waals surface area contributed by atoms with Crippen molar-refractivity contribution in [2.45, 2.75) is 90.4 Å². The van der Waals surface area contributed by atoms with E-state index in [9.17, 15) is 24.0 Å². The van der Waals surface area contributed by atoms with Crippen molar-refractivity contribution >= 4 is 64.5 Å². The van der Waals surface area contributed by atoms with Crippen LogP contribution in [0.3, 0.4) is 0 Å². The number of para-hydroxylation sites is 1. The molecular weight excluding hydrogens is 749 g/mol. The van der Waals surface area contributed by atoms with Crippen molar-refractivity contribution in [3.8, 4) is 0 Å². The largest absolute Gasteiger partial charge is 0.494 e. The van der Waals surface area contributed by atoms with Crippen LogP contribution < -0.4 is 26.7 Å². The van der Waals surface area contributed by atoms with Crippen LogP contribution in [0.4, 0.5) is 21.0 Å². The van der Waals surface area contributed by atoms with Gasteiger partial charge in [0.15, 0.2) is 0 Å². The maximum Gasteiger partial charge on any atom is 0.494 e. The predicted molar refractivity (Wildman–Crippen MR) is 230 cm³/mol. The Morgan fingerprint density at radius 3 is 1.98 bits per heavy atom. The summed E-state index contributed by atoms with van der Waals surface area (Å²) in [6.07, 6.45) is 7.18. The first-order valence-corrected chi connectivity index (χ1v) is 20.6. The van der Waals surface area contributed by atoms with Gasteiger partial charge >= 0.3 is 19.2 Å². The van der Waals surface area contributed by atoms with Gasteiger partial charge < -0.3 is 45.4 Å². The minimum Gasteiger partial charge on any atom is -0.399 e. The van der Waals surface area contributed by atoms with Crippen LogP contribution in [0, 0.1) is 0 Å². The number of benzene rings is 3. The first kappa shape index (κ1) is 42.9. The number of piperazine rings is 1. The highest BCUT2D eigenvalue weighted by molar-refractivity contribution is 6.62.